The third kappa shape index (κ3) is 11.7. The molecule has 0 saturated heterocycles. The van der Waals surface area contributed by atoms with E-state index in [0.717, 1.165) is 12.0 Å². The second-order valence-corrected chi connectivity index (χ2v) is 10.6. The molecule has 0 aliphatic heterocycles. The zero-order chi connectivity index (χ0) is 30.6. The number of amides is 4. The molecule has 0 radical (unpaired) electrons. The van der Waals surface area contributed by atoms with Crippen LogP contribution in [0.1, 0.15) is 59.4 Å². The summed E-state index contributed by atoms with van der Waals surface area (Å²) in [4.78, 5) is 61.9. The number of unbranched alkanes of at least 4 members (excludes halogenated alkanes) is 1. The van der Waals surface area contributed by atoms with Gasteiger partial charge in [-0.1, -0.05) is 50.1 Å². The van der Waals surface area contributed by atoms with Gasteiger partial charge in [-0.2, -0.15) is 0 Å². The number of carbonyl (C=O) groups is 4. The lowest BCUT2D eigenvalue weighted by atomic mass is 10.0. The van der Waals surface area contributed by atoms with Crippen LogP contribution in [-0.2, 0) is 25.5 Å². The van der Waals surface area contributed by atoms with Crippen LogP contribution >= 0.6 is 0 Å². The maximum atomic E-state index is 13.2. The van der Waals surface area contributed by atoms with Crippen molar-refractivity contribution in [1.82, 2.24) is 16.0 Å². The number of nitro benzene ring substituents is 1. The summed E-state index contributed by atoms with van der Waals surface area (Å²) in [6.45, 7) is 8.54. The SMILES string of the molecule is CCCC[C@H](NC(=O)[C@@H](C)NC(=O)[C@H](Cc1ccccc1)NC(=O)OC(C)(C)C)C(=O)Nc1ccc([N+](=O)[O-])cc1. The molecule has 0 aliphatic carbocycles. The Bertz CT molecular complexity index is 1200. The van der Waals surface area contributed by atoms with Crippen molar-refractivity contribution in [2.45, 2.75) is 84.0 Å². The van der Waals surface area contributed by atoms with E-state index in [1.54, 1.807) is 20.8 Å². The number of nitrogens with one attached hydrogen (secondary N) is 4. The first-order valence-corrected chi connectivity index (χ1v) is 13.5. The minimum absolute atomic E-state index is 0.116. The van der Waals surface area contributed by atoms with Crippen molar-refractivity contribution in [3.63, 3.8) is 0 Å². The average Bonchev–Trinajstić information content (AvgIpc) is 2.90. The van der Waals surface area contributed by atoms with Crippen molar-refractivity contribution >= 4 is 35.2 Å². The first kappa shape index (κ1) is 32.7. The number of nitro groups is 1. The smallest absolute Gasteiger partial charge is 0.408 e. The highest BCUT2D eigenvalue weighted by Gasteiger charge is 2.29. The van der Waals surface area contributed by atoms with Gasteiger partial charge in [-0.3, -0.25) is 24.5 Å². The Labute approximate surface area is 239 Å². The zero-order valence-electron chi connectivity index (χ0n) is 24.1. The number of alkyl carbamates (subject to hydrolysis) is 1. The number of hydrogen-bond acceptors (Lipinski definition) is 7. The molecule has 0 spiro atoms. The van der Waals surface area contributed by atoms with E-state index in [4.69, 9.17) is 4.74 Å². The molecule has 4 N–H and O–H groups in total. The molecular weight excluding hydrogens is 530 g/mol. The highest BCUT2D eigenvalue weighted by Crippen LogP contribution is 2.16. The molecule has 0 heterocycles. The Morgan fingerprint density at radius 1 is 0.878 bits per heavy atom. The molecule has 0 fully saturated rings. The van der Waals surface area contributed by atoms with Crippen LogP contribution in [0.4, 0.5) is 16.2 Å². The summed E-state index contributed by atoms with van der Waals surface area (Å²) in [5.74, 6) is -1.68. The first-order valence-electron chi connectivity index (χ1n) is 13.5. The third-order valence-electron chi connectivity index (χ3n) is 5.87. The summed E-state index contributed by atoms with van der Waals surface area (Å²) >= 11 is 0. The molecule has 0 bridgehead atoms. The fourth-order valence-electron chi connectivity index (χ4n) is 3.76. The second kappa shape index (κ2) is 15.3. The molecule has 41 heavy (non-hydrogen) atoms. The van der Waals surface area contributed by atoms with E-state index in [9.17, 15) is 29.3 Å². The highest BCUT2D eigenvalue weighted by atomic mass is 16.6. The topological polar surface area (TPSA) is 169 Å². The van der Waals surface area contributed by atoms with Gasteiger partial charge in [0.05, 0.1) is 4.92 Å². The van der Waals surface area contributed by atoms with Crippen LogP contribution in [0.3, 0.4) is 0 Å². The molecule has 12 nitrogen and oxygen atoms in total. The van der Waals surface area contributed by atoms with Gasteiger partial charge in [0.25, 0.3) is 5.69 Å². The number of non-ortho nitro benzene ring substituents is 1. The molecule has 2 aromatic rings. The van der Waals surface area contributed by atoms with E-state index in [0.29, 0.717) is 18.5 Å². The second-order valence-electron chi connectivity index (χ2n) is 10.6. The number of benzene rings is 2. The van der Waals surface area contributed by atoms with Crippen LogP contribution in [0.2, 0.25) is 0 Å². The van der Waals surface area contributed by atoms with Gasteiger partial charge in [-0.05, 0) is 51.8 Å². The third-order valence-corrected chi connectivity index (χ3v) is 5.87. The lowest BCUT2D eigenvalue weighted by Crippen LogP contribution is -2.56. The summed E-state index contributed by atoms with van der Waals surface area (Å²) in [5, 5.41) is 21.4. The molecule has 3 atom stereocenters. The van der Waals surface area contributed by atoms with Crippen LogP contribution in [-0.4, -0.2) is 52.5 Å². The standard InChI is InChI=1S/C29H39N5O7/c1-6-7-13-23(26(36)31-21-14-16-22(17-15-21)34(39)40)32-25(35)19(2)30-27(37)24(18-20-11-9-8-10-12-20)33-28(38)41-29(3,4)5/h8-12,14-17,19,23-24H,6-7,13,18H2,1-5H3,(H,30,37)(H,31,36)(H,32,35)(H,33,38)/t19-,23+,24+/m1/s1. The molecule has 12 heteroatoms. The lowest BCUT2D eigenvalue weighted by Gasteiger charge is -2.25. The molecule has 4 amide bonds. The van der Waals surface area contributed by atoms with Crippen molar-refractivity contribution in [2.24, 2.45) is 0 Å². The number of hydrogen-bond donors (Lipinski definition) is 4. The quantitative estimate of drug-likeness (QED) is 0.210. The molecule has 0 saturated carbocycles. The summed E-state index contributed by atoms with van der Waals surface area (Å²) in [7, 11) is 0. The Kier molecular flexibility index (Phi) is 12.2. The van der Waals surface area contributed by atoms with Gasteiger partial charge in [0, 0.05) is 24.2 Å². The largest absolute Gasteiger partial charge is 0.444 e. The molecule has 0 unspecified atom stereocenters. The maximum Gasteiger partial charge on any atom is 0.408 e. The van der Waals surface area contributed by atoms with Gasteiger partial charge in [-0.25, -0.2) is 4.79 Å². The summed E-state index contributed by atoms with van der Waals surface area (Å²) < 4.78 is 5.30. The van der Waals surface area contributed by atoms with Gasteiger partial charge in [0.2, 0.25) is 17.7 Å². The summed E-state index contributed by atoms with van der Waals surface area (Å²) in [6.07, 6.45) is 1.17. The van der Waals surface area contributed by atoms with Gasteiger partial charge in [0.15, 0.2) is 0 Å². The van der Waals surface area contributed by atoms with E-state index < -0.39 is 52.5 Å². The number of carbonyl (C=O) groups excluding carboxylic acids is 4. The number of ether oxygens (including phenoxy) is 1. The fourth-order valence-corrected chi connectivity index (χ4v) is 3.76. The van der Waals surface area contributed by atoms with Gasteiger partial charge in [0.1, 0.15) is 23.7 Å². The normalized spacial score (nSPS) is 13.2. The minimum atomic E-state index is -1.03. The van der Waals surface area contributed by atoms with Crippen LogP contribution in [0.15, 0.2) is 54.6 Å². The predicted octanol–water partition coefficient (Wildman–Crippen LogP) is 3.85. The lowest BCUT2D eigenvalue weighted by molar-refractivity contribution is -0.384. The van der Waals surface area contributed by atoms with Crippen LogP contribution in [0.5, 0.6) is 0 Å². The van der Waals surface area contributed by atoms with Gasteiger partial charge < -0.3 is 26.0 Å². The average molecular weight is 570 g/mol. The van der Waals surface area contributed by atoms with Gasteiger partial charge in [-0.15, -0.1) is 0 Å². The van der Waals surface area contributed by atoms with Crippen LogP contribution in [0.25, 0.3) is 0 Å². The van der Waals surface area contributed by atoms with Gasteiger partial charge >= 0.3 is 6.09 Å². The van der Waals surface area contributed by atoms with Crippen molar-refractivity contribution in [3.8, 4) is 0 Å². The number of anilines is 1. The van der Waals surface area contributed by atoms with E-state index in [1.807, 2.05) is 37.3 Å². The Hall–Kier alpha value is -4.48. The highest BCUT2D eigenvalue weighted by molar-refractivity contribution is 5.98. The number of nitrogens with zero attached hydrogens (tertiary/aromatic N) is 1. The predicted molar refractivity (Wildman–Crippen MR) is 154 cm³/mol. The first-order chi connectivity index (χ1) is 19.3. The van der Waals surface area contributed by atoms with Crippen molar-refractivity contribution in [1.29, 1.82) is 0 Å². The molecule has 2 rings (SSSR count). The fraction of sp³-hybridized carbons (Fsp3) is 0.448. The molecule has 222 valence electrons. The Morgan fingerprint density at radius 2 is 1.51 bits per heavy atom. The Balaban J connectivity index is 2.08. The minimum Gasteiger partial charge on any atom is -0.444 e. The molecule has 0 aliphatic rings. The number of rotatable bonds is 13. The van der Waals surface area contributed by atoms with Crippen molar-refractivity contribution in [2.75, 3.05) is 5.32 Å². The van der Waals surface area contributed by atoms with E-state index >= 15 is 0 Å². The van der Waals surface area contributed by atoms with E-state index in [-0.39, 0.29) is 12.1 Å². The monoisotopic (exact) mass is 569 g/mol. The van der Waals surface area contributed by atoms with E-state index in [1.165, 1.54) is 31.2 Å². The van der Waals surface area contributed by atoms with Crippen LogP contribution < -0.4 is 21.3 Å². The molecule has 2 aromatic carbocycles. The summed E-state index contributed by atoms with van der Waals surface area (Å²) in [6, 6.07) is 11.5. The van der Waals surface area contributed by atoms with Crippen LogP contribution in [0, 0.1) is 10.1 Å². The molecular formula is C29H39N5O7. The maximum absolute atomic E-state index is 13.2. The van der Waals surface area contributed by atoms with E-state index in [2.05, 4.69) is 21.3 Å². The van der Waals surface area contributed by atoms with Crippen molar-refractivity contribution in [3.05, 3.63) is 70.3 Å². The Morgan fingerprint density at radius 3 is 2.07 bits per heavy atom. The zero-order valence-corrected chi connectivity index (χ0v) is 24.1. The van der Waals surface area contributed by atoms with Crippen molar-refractivity contribution < 1.29 is 28.8 Å². The summed E-state index contributed by atoms with van der Waals surface area (Å²) in [5.41, 5.74) is 0.251. The molecule has 0 aromatic heterocycles.